The molecule has 0 unspecified atom stereocenters. The van der Waals surface area contributed by atoms with Gasteiger partial charge in [-0.2, -0.15) is 0 Å². The average molecular weight is 563 g/mol. The number of unbranched alkanes of at least 4 members (excludes halogenated alkanes) is 8. The Morgan fingerprint density at radius 3 is 1.27 bits per heavy atom. The fourth-order valence-corrected chi connectivity index (χ4v) is 3.92. The zero-order chi connectivity index (χ0) is 30.0. The summed E-state index contributed by atoms with van der Waals surface area (Å²) in [7, 11) is 0. The fraction of sp³-hybridized carbons (Fsp3) is 0.526. The van der Waals surface area contributed by atoms with Crippen molar-refractivity contribution < 1.29 is 14.2 Å². The summed E-state index contributed by atoms with van der Waals surface area (Å²) in [5.41, 5.74) is 3.82. The summed E-state index contributed by atoms with van der Waals surface area (Å²) in [6.45, 7) is 15.4. The molecule has 3 aromatic carbocycles. The van der Waals surface area contributed by atoms with E-state index in [9.17, 15) is 0 Å². The van der Waals surface area contributed by atoms with Crippen molar-refractivity contribution in [2.75, 3.05) is 19.8 Å². The van der Waals surface area contributed by atoms with Crippen LogP contribution in [0.15, 0.2) is 72.8 Å². The van der Waals surface area contributed by atoms with Gasteiger partial charge in [-0.05, 0) is 82.0 Å². The van der Waals surface area contributed by atoms with E-state index in [-0.39, 0.29) is 0 Å². The number of hydrogen-bond donors (Lipinski definition) is 0. The molecular weight excluding hydrogens is 504 g/mol. The zero-order valence-electron chi connectivity index (χ0n) is 27.1. The SMILES string of the molecule is CCCCCCCOc1ccc(C)cc1.CCCCCCOc1ccc(C)cc1.CCCCOc1cccc(C)c1. The first-order chi connectivity index (χ1) is 20.0. The minimum Gasteiger partial charge on any atom is -0.494 e. The molecule has 0 heterocycles. The van der Waals surface area contributed by atoms with Gasteiger partial charge in [0.05, 0.1) is 19.8 Å². The van der Waals surface area contributed by atoms with Gasteiger partial charge in [-0.3, -0.25) is 0 Å². The molecule has 41 heavy (non-hydrogen) atoms. The van der Waals surface area contributed by atoms with Gasteiger partial charge in [0, 0.05) is 0 Å². The minimum atomic E-state index is 0.833. The van der Waals surface area contributed by atoms with Crippen LogP contribution < -0.4 is 14.2 Å². The molecule has 3 heteroatoms. The predicted octanol–water partition coefficient (Wildman–Crippen LogP) is 11.5. The first-order valence-corrected chi connectivity index (χ1v) is 16.1. The molecule has 0 aromatic heterocycles. The third-order valence-corrected chi connectivity index (χ3v) is 6.58. The summed E-state index contributed by atoms with van der Waals surface area (Å²) >= 11 is 0. The molecule has 0 atom stereocenters. The van der Waals surface area contributed by atoms with Crippen molar-refractivity contribution in [1.29, 1.82) is 0 Å². The van der Waals surface area contributed by atoms with Crippen molar-refractivity contribution in [2.24, 2.45) is 0 Å². The fourth-order valence-electron chi connectivity index (χ4n) is 3.92. The second kappa shape index (κ2) is 24.8. The largest absolute Gasteiger partial charge is 0.494 e. The summed E-state index contributed by atoms with van der Waals surface area (Å²) < 4.78 is 16.8. The van der Waals surface area contributed by atoms with Crippen molar-refractivity contribution in [2.45, 2.75) is 112 Å². The standard InChI is InChI=1S/C14H22O.C13H20O.C11H16O/c1-3-4-5-6-7-12-15-14-10-8-13(2)9-11-14;1-3-4-5-6-11-14-13-9-7-12(2)8-10-13;1-3-4-8-12-11-7-5-6-10(2)9-11/h8-11H,3-7,12H2,1-2H3;7-10H,3-6,11H2,1-2H3;5-7,9H,3-4,8H2,1-2H3. The van der Waals surface area contributed by atoms with E-state index < -0.39 is 0 Å². The first-order valence-electron chi connectivity index (χ1n) is 16.1. The van der Waals surface area contributed by atoms with Gasteiger partial charge in [-0.15, -0.1) is 0 Å². The van der Waals surface area contributed by atoms with Crippen LogP contribution in [-0.2, 0) is 0 Å². The summed E-state index contributed by atoms with van der Waals surface area (Å²) in [4.78, 5) is 0. The van der Waals surface area contributed by atoms with E-state index in [1.54, 1.807) is 0 Å². The second-order valence-electron chi connectivity index (χ2n) is 10.8. The Labute approximate surface area is 252 Å². The maximum absolute atomic E-state index is 5.64. The molecule has 0 spiro atoms. The molecule has 228 valence electrons. The van der Waals surface area contributed by atoms with Crippen molar-refractivity contribution in [3.63, 3.8) is 0 Å². The molecule has 0 saturated carbocycles. The average Bonchev–Trinajstić information content (AvgIpc) is 2.98. The highest BCUT2D eigenvalue weighted by atomic mass is 16.5. The molecule has 0 aliphatic rings. The Hall–Kier alpha value is -2.94. The van der Waals surface area contributed by atoms with Gasteiger partial charge in [0.2, 0.25) is 0 Å². The topological polar surface area (TPSA) is 27.7 Å². The van der Waals surface area contributed by atoms with Crippen LogP contribution in [0, 0.1) is 20.8 Å². The molecule has 3 rings (SSSR count). The highest BCUT2D eigenvalue weighted by Crippen LogP contribution is 2.14. The number of ether oxygens (including phenoxy) is 3. The number of hydrogen-bond acceptors (Lipinski definition) is 3. The van der Waals surface area contributed by atoms with E-state index in [4.69, 9.17) is 14.2 Å². The Balaban J connectivity index is 0.000000309. The molecule has 0 aliphatic carbocycles. The van der Waals surface area contributed by atoms with E-state index in [0.29, 0.717) is 0 Å². The molecular formula is C38H58O3. The maximum Gasteiger partial charge on any atom is 0.119 e. The normalized spacial score (nSPS) is 10.1. The van der Waals surface area contributed by atoms with Crippen molar-refractivity contribution >= 4 is 0 Å². The summed E-state index contributed by atoms with van der Waals surface area (Å²) in [6.07, 6.45) is 13.8. The molecule has 0 saturated heterocycles. The quantitative estimate of drug-likeness (QED) is 0.153. The molecule has 0 amide bonds. The Kier molecular flexibility index (Phi) is 21.8. The molecule has 0 fully saturated rings. The molecule has 3 aromatic rings. The van der Waals surface area contributed by atoms with Gasteiger partial charge in [0.1, 0.15) is 17.2 Å². The van der Waals surface area contributed by atoms with Crippen LogP contribution in [0.3, 0.4) is 0 Å². The Morgan fingerprint density at radius 1 is 0.390 bits per heavy atom. The van der Waals surface area contributed by atoms with E-state index in [0.717, 1.165) is 43.5 Å². The van der Waals surface area contributed by atoms with Crippen LogP contribution >= 0.6 is 0 Å². The van der Waals surface area contributed by atoms with Crippen LogP contribution in [0.25, 0.3) is 0 Å². The smallest absolute Gasteiger partial charge is 0.119 e. The van der Waals surface area contributed by atoms with Gasteiger partial charge in [0.15, 0.2) is 0 Å². The highest BCUT2D eigenvalue weighted by Gasteiger charge is 1.95. The molecule has 0 aliphatic heterocycles. The summed E-state index contributed by atoms with van der Waals surface area (Å²) in [5.74, 6) is 2.98. The van der Waals surface area contributed by atoms with Crippen LogP contribution in [0.2, 0.25) is 0 Å². The van der Waals surface area contributed by atoms with E-state index in [1.165, 1.54) is 80.9 Å². The number of aryl methyl sites for hydroxylation is 3. The lowest BCUT2D eigenvalue weighted by Crippen LogP contribution is -1.97. The third-order valence-electron chi connectivity index (χ3n) is 6.58. The lowest BCUT2D eigenvalue weighted by molar-refractivity contribution is 0.304. The minimum absolute atomic E-state index is 0.833. The summed E-state index contributed by atoms with van der Waals surface area (Å²) in [6, 6.07) is 24.7. The van der Waals surface area contributed by atoms with E-state index in [1.807, 2.05) is 36.4 Å². The van der Waals surface area contributed by atoms with Crippen LogP contribution in [0.1, 0.15) is 108 Å². The number of benzene rings is 3. The van der Waals surface area contributed by atoms with Gasteiger partial charge < -0.3 is 14.2 Å². The van der Waals surface area contributed by atoms with Gasteiger partial charge in [0.25, 0.3) is 0 Å². The molecule has 0 radical (unpaired) electrons. The second-order valence-corrected chi connectivity index (χ2v) is 10.8. The van der Waals surface area contributed by atoms with E-state index >= 15 is 0 Å². The van der Waals surface area contributed by atoms with Crippen molar-refractivity contribution in [3.8, 4) is 17.2 Å². The number of rotatable bonds is 17. The van der Waals surface area contributed by atoms with E-state index in [2.05, 4.69) is 77.9 Å². The molecule has 3 nitrogen and oxygen atoms in total. The Bertz CT molecular complexity index is 979. The Morgan fingerprint density at radius 2 is 0.805 bits per heavy atom. The molecule has 0 bridgehead atoms. The van der Waals surface area contributed by atoms with Gasteiger partial charge in [-0.25, -0.2) is 0 Å². The van der Waals surface area contributed by atoms with Gasteiger partial charge >= 0.3 is 0 Å². The third kappa shape index (κ3) is 20.6. The highest BCUT2D eigenvalue weighted by molar-refractivity contribution is 5.28. The zero-order valence-corrected chi connectivity index (χ0v) is 27.1. The lowest BCUT2D eigenvalue weighted by Gasteiger charge is -2.05. The first kappa shape index (κ1) is 36.1. The summed E-state index contributed by atoms with van der Waals surface area (Å²) in [5, 5.41) is 0. The van der Waals surface area contributed by atoms with Crippen molar-refractivity contribution in [3.05, 3.63) is 89.5 Å². The maximum atomic E-state index is 5.64. The molecule has 0 N–H and O–H groups in total. The van der Waals surface area contributed by atoms with Crippen LogP contribution in [-0.4, -0.2) is 19.8 Å². The van der Waals surface area contributed by atoms with Crippen LogP contribution in [0.4, 0.5) is 0 Å². The van der Waals surface area contributed by atoms with Crippen molar-refractivity contribution in [1.82, 2.24) is 0 Å². The lowest BCUT2D eigenvalue weighted by atomic mass is 10.2. The van der Waals surface area contributed by atoms with Crippen LogP contribution in [0.5, 0.6) is 17.2 Å². The predicted molar refractivity (Wildman–Crippen MR) is 178 cm³/mol. The van der Waals surface area contributed by atoms with Gasteiger partial charge in [-0.1, -0.05) is 120 Å². The monoisotopic (exact) mass is 562 g/mol.